The zero-order valence-electron chi connectivity index (χ0n) is 10.5. The monoisotopic (exact) mass is 317 g/mol. The van der Waals surface area contributed by atoms with Crippen LogP contribution in [-0.4, -0.2) is 19.1 Å². The van der Waals surface area contributed by atoms with Crippen LogP contribution in [0.4, 0.5) is 4.39 Å². The van der Waals surface area contributed by atoms with Crippen molar-refractivity contribution in [3.05, 3.63) is 34.1 Å². The second kappa shape index (κ2) is 7.48. The number of carbonyl (C=O) groups is 1. The van der Waals surface area contributed by atoms with Crippen LogP contribution in [0.3, 0.4) is 0 Å². The van der Waals surface area contributed by atoms with Gasteiger partial charge in [0.25, 0.3) is 0 Å². The Morgan fingerprint density at radius 1 is 1.50 bits per heavy atom. The molecule has 0 radical (unpaired) electrons. The Labute approximate surface area is 115 Å². The van der Waals surface area contributed by atoms with Gasteiger partial charge in [-0.1, -0.05) is 28.9 Å². The molecule has 0 spiro atoms. The minimum absolute atomic E-state index is 0.321. The van der Waals surface area contributed by atoms with E-state index in [2.05, 4.69) is 21.2 Å². The van der Waals surface area contributed by atoms with Crippen LogP contribution in [0, 0.1) is 5.82 Å². The highest BCUT2D eigenvalue weighted by Crippen LogP contribution is 2.25. The van der Waals surface area contributed by atoms with Crippen molar-refractivity contribution in [1.82, 2.24) is 5.32 Å². The summed E-state index contributed by atoms with van der Waals surface area (Å²) in [6, 6.07) is 3.69. The first-order valence-electron chi connectivity index (χ1n) is 5.95. The van der Waals surface area contributed by atoms with E-state index in [0.717, 1.165) is 6.42 Å². The van der Waals surface area contributed by atoms with Gasteiger partial charge in [-0.25, -0.2) is 9.18 Å². The fourth-order valence-electron chi connectivity index (χ4n) is 1.57. The predicted molar refractivity (Wildman–Crippen MR) is 71.8 cm³/mol. The zero-order valence-corrected chi connectivity index (χ0v) is 12.1. The van der Waals surface area contributed by atoms with Crippen LogP contribution < -0.4 is 5.32 Å². The molecule has 1 unspecified atom stereocenters. The van der Waals surface area contributed by atoms with Crippen molar-refractivity contribution in [3.8, 4) is 0 Å². The van der Waals surface area contributed by atoms with Crippen LogP contribution >= 0.6 is 15.9 Å². The van der Waals surface area contributed by atoms with Crippen LogP contribution in [0.1, 0.15) is 31.9 Å². The van der Waals surface area contributed by atoms with Gasteiger partial charge in [-0.3, -0.25) is 0 Å². The summed E-state index contributed by atoms with van der Waals surface area (Å²) in [6.07, 6.45) is 0.898. The van der Waals surface area contributed by atoms with E-state index in [1.165, 1.54) is 12.1 Å². The lowest BCUT2D eigenvalue weighted by molar-refractivity contribution is -0.145. The normalized spacial score (nSPS) is 12.2. The lowest BCUT2D eigenvalue weighted by Crippen LogP contribution is -2.31. The van der Waals surface area contributed by atoms with E-state index in [9.17, 15) is 9.18 Å². The highest BCUT2D eigenvalue weighted by atomic mass is 79.9. The Morgan fingerprint density at radius 3 is 2.78 bits per heavy atom. The summed E-state index contributed by atoms with van der Waals surface area (Å²) in [5.41, 5.74) is 0.684. The molecule has 3 nitrogen and oxygen atoms in total. The summed E-state index contributed by atoms with van der Waals surface area (Å²) in [6.45, 7) is 4.78. The topological polar surface area (TPSA) is 38.3 Å². The molecule has 0 heterocycles. The first kappa shape index (κ1) is 15.1. The smallest absolute Gasteiger partial charge is 0.327 e. The minimum atomic E-state index is -0.570. The second-order valence-electron chi connectivity index (χ2n) is 3.81. The SMILES string of the molecule is CCCNC(C(=O)OCC)c1ccc(F)cc1Br. The fourth-order valence-corrected chi connectivity index (χ4v) is 2.15. The van der Waals surface area contributed by atoms with Gasteiger partial charge in [0.15, 0.2) is 0 Å². The Hall–Kier alpha value is -0.940. The largest absolute Gasteiger partial charge is 0.465 e. The van der Waals surface area contributed by atoms with Crippen molar-refractivity contribution in [2.45, 2.75) is 26.3 Å². The Bertz CT molecular complexity index is 412. The molecule has 0 fully saturated rings. The summed E-state index contributed by atoms with van der Waals surface area (Å²) in [7, 11) is 0. The molecule has 0 aliphatic carbocycles. The Kier molecular flexibility index (Phi) is 6.29. The van der Waals surface area contributed by atoms with E-state index in [-0.39, 0.29) is 11.8 Å². The van der Waals surface area contributed by atoms with E-state index < -0.39 is 6.04 Å². The molecule has 0 aliphatic heterocycles. The van der Waals surface area contributed by atoms with E-state index in [4.69, 9.17) is 4.74 Å². The molecule has 18 heavy (non-hydrogen) atoms. The molecule has 0 aliphatic rings. The standard InChI is InChI=1S/C13H17BrFNO2/c1-3-7-16-12(13(17)18-4-2)10-6-5-9(15)8-11(10)14/h5-6,8,12,16H,3-4,7H2,1-2H3. The molecular formula is C13H17BrFNO2. The molecule has 1 aromatic rings. The molecule has 100 valence electrons. The van der Waals surface area contributed by atoms with Crippen molar-refractivity contribution in [3.63, 3.8) is 0 Å². The van der Waals surface area contributed by atoms with Crippen molar-refractivity contribution in [2.24, 2.45) is 0 Å². The quantitative estimate of drug-likeness (QED) is 0.819. The summed E-state index contributed by atoms with van der Waals surface area (Å²) < 4.78 is 18.6. The molecule has 0 bridgehead atoms. The van der Waals surface area contributed by atoms with Crippen molar-refractivity contribution < 1.29 is 13.9 Å². The summed E-state index contributed by atoms with van der Waals surface area (Å²) >= 11 is 3.27. The first-order valence-corrected chi connectivity index (χ1v) is 6.74. The second-order valence-corrected chi connectivity index (χ2v) is 4.66. The van der Waals surface area contributed by atoms with Crippen LogP contribution in [0.2, 0.25) is 0 Å². The van der Waals surface area contributed by atoms with Crippen molar-refractivity contribution in [1.29, 1.82) is 0 Å². The van der Waals surface area contributed by atoms with Crippen LogP contribution in [0.15, 0.2) is 22.7 Å². The van der Waals surface area contributed by atoms with Gasteiger partial charge in [-0.2, -0.15) is 0 Å². The highest BCUT2D eigenvalue weighted by Gasteiger charge is 2.23. The van der Waals surface area contributed by atoms with Crippen LogP contribution in [0.5, 0.6) is 0 Å². The number of halogens is 2. The van der Waals surface area contributed by atoms with Gasteiger partial charge in [-0.15, -0.1) is 0 Å². The van der Waals surface area contributed by atoms with E-state index in [0.29, 0.717) is 23.2 Å². The van der Waals surface area contributed by atoms with Gasteiger partial charge in [0.1, 0.15) is 11.9 Å². The third-order valence-corrected chi connectivity index (χ3v) is 3.08. The summed E-state index contributed by atoms with van der Waals surface area (Å²) in [4.78, 5) is 11.9. The van der Waals surface area contributed by atoms with Crippen LogP contribution in [-0.2, 0) is 9.53 Å². The molecule has 0 saturated carbocycles. The Balaban J connectivity index is 2.97. The van der Waals surface area contributed by atoms with Gasteiger partial charge >= 0.3 is 5.97 Å². The number of esters is 1. The molecule has 1 aromatic carbocycles. The lowest BCUT2D eigenvalue weighted by Gasteiger charge is -2.18. The highest BCUT2D eigenvalue weighted by molar-refractivity contribution is 9.10. The van der Waals surface area contributed by atoms with Crippen molar-refractivity contribution >= 4 is 21.9 Å². The van der Waals surface area contributed by atoms with E-state index in [1.54, 1.807) is 13.0 Å². The number of benzene rings is 1. The maximum Gasteiger partial charge on any atom is 0.327 e. The van der Waals surface area contributed by atoms with Crippen molar-refractivity contribution in [2.75, 3.05) is 13.2 Å². The molecule has 1 atom stereocenters. The number of nitrogens with one attached hydrogen (secondary N) is 1. The number of carbonyl (C=O) groups excluding carboxylic acids is 1. The van der Waals surface area contributed by atoms with Crippen LogP contribution in [0.25, 0.3) is 0 Å². The maximum atomic E-state index is 13.0. The molecule has 1 N–H and O–H groups in total. The maximum absolute atomic E-state index is 13.0. The van der Waals surface area contributed by atoms with Gasteiger partial charge in [0, 0.05) is 4.47 Å². The predicted octanol–water partition coefficient (Wildman–Crippen LogP) is 3.19. The van der Waals surface area contributed by atoms with E-state index >= 15 is 0 Å². The molecular weight excluding hydrogens is 301 g/mol. The summed E-state index contributed by atoms with van der Waals surface area (Å²) in [5, 5.41) is 3.10. The third kappa shape index (κ3) is 4.07. The average molecular weight is 318 g/mol. The minimum Gasteiger partial charge on any atom is -0.465 e. The number of hydrogen-bond donors (Lipinski definition) is 1. The molecule has 0 amide bonds. The average Bonchev–Trinajstić information content (AvgIpc) is 2.32. The van der Waals surface area contributed by atoms with Gasteiger partial charge in [-0.05, 0) is 37.6 Å². The molecule has 1 rings (SSSR count). The third-order valence-electron chi connectivity index (χ3n) is 2.39. The number of ether oxygens (including phenoxy) is 1. The van der Waals surface area contributed by atoms with Gasteiger partial charge < -0.3 is 10.1 Å². The molecule has 0 aromatic heterocycles. The van der Waals surface area contributed by atoms with Gasteiger partial charge in [0.2, 0.25) is 0 Å². The molecule has 0 saturated heterocycles. The fraction of sp³-hybridized carbons (Fsp3) is 0.462. The van der Waals surface area contributed by atoms with Gasteiger partial charge in [0.05, 0.1) is 6.61 Å². The zero-order chi connectivity index (χ0) is 13.5. The Morgan fingerprint density at radius 2 is 2.22 bits per heavy atom. The molecule has 5 heteroatoms. The summed E-state index contributed by atoms with van der Waals surface area (Å²) in [5.74, 6) is -0.693. The number of rotatable bonds is 6. The first-order chi connectivity index (χ1) is 8.60. The lowest BCUT2D eigenvalue weighted by atomic mass is 10.1. The van der Waals surface area contributed by atoms with E-state index in [1.807, 2.05) is 6.92 Å². The number of hydrogen-bond acceptors (Lipinski definition) is 3.